The van der Waals surface area contributed by atoms with Gasteiger partial charge in [-0.1, -0.05) is 0 Å². The van der Waals surface area contributed by atoms with Crippen LogP contribution in [0.2, 0.25) is 0 Å². The lowest BCUT2D eigenvalue weighted by molar-refractivity contribution is -0.181. The van der Waals surface area contributed by atoms with Crippen molar-refractivity contribution in [1.82, 2.24) is 9.88 Å². The second-order valence-electron chi connectivity index (χ2n) is 6.74. The van der Waals surface area contributed by atoms with Gasteiger partial charge in [0.1, 0.15) is 18.2 Å². The predicted octanol–water partition coefficient (Wildman–Crippen LogP) is -0.419. The number of carbonyl (C=O) groups excluding carboxylic acids is 3. The minimum Gasteiger partial charge on any atom is -0.468 e. The lowest BCUT2D eigenvalue weighted by Gasteiger charge is -2.52. The fourth-order valence-corrected chi connectivity index (χ4v) is 3.86. The highest BCUT2D eigenvalue weighted by molar-refractivity contribution is 6.02. The molecule has 0 radical (unpaired) electrons. The number of esters is 1. The summed E-state index contributed by atoms with van der Waals surface area (Å²) < 4.78 is 10.8. The van der Waals surface area contributed by atoms with Crippen LogP contribution in [0.5, 0.6) is 5.75 Å². The summed E-state index contributed by atoms with van der Waals surface area (Å²) in [6.45, 7) is 2.74. The molecule has 0 aromatic carbocycles. The summed E-state index contributed by atoms with van der Waals surface area (Å²) in [6.07, 6.45) is 1.76. The Morgan fingerprint density at radius 2 is 2.23 bits per heavy atom. The molecule has 3 N–H and O–H groups in total. The second kappa shape index (κ2) is 6.24. The number of aliphatic hydroxyl groups excluding tert-OH is 1. The minimum atomic E-state index is -1.16. The van der Waals surface area contributed by atoms with Gasteiger partial charge in [0.2, 0.25) is 11.8 Å². The van der Waals surface area contributed by atoms with Gasteiger partial charge in [-0.15, -0.1) is 0 Å². The standard InChI is InChI=1S/C17H21N3O6/c1-8-14-12(9(7-21)5-19-8)10-4-17(2,26-14)20(6-11(22)25-3)16(24)13(10)15(18)23/h5,10,13,21H,4,6-7H2,1-3H3,(H2,18,23)/t10-,13+,17-/m0/s1. The SMILES string of the molecule is COC(=O)CN1C(=O)[C@@H](C(N)=O)[C@H]2C[C@]1(C)Oc1c(C)ncc(CO)c12. The number of aromatic nitrogens is 1. The van der Waals surface area contributed by atoms with Gasteiger partial charge in [0.15, 0.2) is 5.72 Å². The van der Waals surface area contributed by atoms with Gasteiger partial charge in [0.25, 0.3) is 0 Å². The van der Waals surface area contributed by atoms with Gasteiger partial charge in [0.05, 0.1) is 19.4 Å². The highest BCUT2D eigenvalue weighted by atomic mass is 16.5. The van der Waals surface area contributed by atoms with E-state index in [9.17, 15) is 19.5 Å². The van der Waals surface area contributed by atoms with Gasteiger partial charge in [-0.3, -0.25) is 24.3 Å². The molecule has 9 heteroatoms. The number of carbonyl (C=O) groups is 3. The molecule has 0 spiro atoms. The van der Waals surface area contributed by atoms with Crippen LogP contribution in [0.15, 0.2) is 6.20 Å². The number of hydrogen-bond donors (Lipinski definition) is 2. The van der Waals surface area contributed by atoms with Gasteiger partial charge < -0.3 is 20.3 Å². The van der Waals surface area contributed by atoms with E-state index >= 15 is 0 Å². The monoisotopic (exact) mass is 363 g/mol. The molecule has 26 heavy (non-hydrogen) atoms. The lowest BCUT2D eigenvalue weighted by Crippen LogP contribution is -2.65. The van der Waals surface area contributed by atoms with Crippen molar-refractivity contribution in [3.63, 3.8) is 0 Å². The second-order valence-corrected chi connectivity index (χ2v) is 6.74. The number of rotatable bonds is 4. The molecule has 2 amide bonds. The van der Waals surface area contributed by atoms with E-state index in [2.05, 4.69) is 9.72 Å². The van der Waals surface area contributed by atoms with E-state index in [1.165, 1.54) is 18.2 Å². The molecule has 2 bridgehead atoms. The number of aliphatic hydroxyl groups is 1. The summed E-state index contributed by atoms with van der Waals surface area (Å²) in [5, 5.41) is 9.67. The van der Waals surface area contributed by atoms with Crippen molar-refractivity contribution >= 4 is 17.8 Å². The minimum absolute atomic E-state index is 0.257. The van der Waals surface area contributed by atoms with Crippen molar-refractivity contribution in [1.29, 1.82) is 0 Å². The smallest absolute Gasteiger partial charge is 0.325 e. The molecular formula is C17H21N3O6. The first-order chi connectivity index (χ1) is 12.2. The molecule has 140 valence electrons. The number of aryl methyl sites for hydroxylation is 1. The van der Waals surface area contributed by atoms with Crippen molar-refractivity contribution in [2.45, 2.75) is 38.5 Å². The Morgan fingerprint density at radius 3 is 2.81 bits per heavy atom. The van der Waals surface area contributed by atoms with Crippen molar-refractivity contribution < 1.29 is 29.0 Å². The van der Waals surface area contributed by atoms with Crippen LogP contribution in [-0.4, -0.2) is 52.2 Å². The number of piperidine rings is 1. The Hall–Kier alpha value is -2.68. The van der Waals surface area contributed by atoms with E-state index in [0.717, 1.165) is 0 Å². The van der Waals surface area contributed by atoms with Crippen molar-refractivity contribution in [2.24, 2.45) is 11.7 Å². The average Bonchev–Trinajstić information content (AvgIpc) is 2.59. The van der Waals surface area contributed by atoms with Crippen LogP contribution in [0.25, 0.3) is 0 Å². The van der Waals surface area contributed by atoms with E-state index in [-0.39, 0.29) is 19.6 Å². The normalized spacial score (nSPS) is 26.8. The molecule has 1 aromatic heterocycles. The number of nitrogens with two attached hydrogens (primary N) is 1. The van der Waals surface area contributed by atoms with E-state index in [1.54, 1.807) is 13.8 Å². The fraction of sp³-hybridized carbons (Fsp3) is 0.529. The zero-order chi connectivity index (χ0) is 19.2. The number of amides is 2. The van der Waals surface area contributed by atoms with Crippen LogP contribution in [0.4, 0.5) is 0 Å². The average molecular weight is 363 g/mol. The summed E-state index contributed by atoms with van der Waals surface area (Å²) in [6, 6.07) is 0. The van der Waals surface area contributed by atoms with Gasteiger partial charge in [-0.2, -0.15) is 0 Å². The summed E-state index contributed by atoms with van der Waals surface area (Å²) >= 11 is 0. The number of ether oxygens (including phenoxy) is 2. The Morgan fingerprint density at radius 1 is 1.54 bits per heavy atom. The molecule has 3 heterocycles. The molecule has 1 aromatic rings. The maximum atomic E-state index is 13.0. The maximum absolute atomic E-state index is 13.0. The quantitative estimate of drug-likeness (QED) is 0.548. The number of fused-ring (bicyclic) bond motifs is 4. The molecule has 1 fully saturated rings. The lowest BCUT2D eigenvalue weighted by atomic mass is 9.72. The largest absolute Gasteiger partial charge is 0.468 e. The number of methoxy groups -OCH3 is 1. The number of primary amides is 1. The third-order valence-corrected chi connectivity index (χ3v) is 5.12. The first kappa shape index (κ1) is 18.1. The molecule has 9 nitrogen and oxygen atoms in total. The third kappa shape index (κ3) is 2.59. The molecule has 1 saturated heterocycles. The van der Waals surface area contributed by atoms with Crippen molar-refractivity contribution in [3.8, 4) is 5.75 Å². The highest BCUT2D eigenvalue weighted by Gasteiger charge is 2.57. The van der Waals surface area contributed by atoms with Crippen molar-refractivity contribution in [3.05, 3.63) is 23.0 Å². The molecule has 2 aliphatic heterocycles. The molecule has 0 saturated carbocycles. The van der Waals surface area contributed by atoms with Crippen LogP contribution in [0.3, 0.4) is 0 Å². The first-order valence-electron chi connectivity index (χ1n) is 8.19. The molecular weight excluding hydrogens is 342 g/mol. The highest BCUT2D eigenvalue weighted by Crippen LogP contribution is 2.51. The first-order valence-corrected chi connectivity index (χ1v) is 8.19. The number of pyridine rings is 1. The zero-order valence-electron chi connectivity index (χ0n) is 14.8. The molecule has 3 atom stereocenters. The maximum Gasteiger partial charge on any atom is 0.325 e. The van der Waals surface area contributed by atoms with Crippen LogP contribution < -0.4 is 10.5 Å². The topological polar surface area (TPSA) is 132 Å². The Labute approximate surface area is 150 Å². The Balaban J connectivity index is 2.19. The Kier molecular flexibility index (Phi) is 4.35. The van der Waals surface area contributed by atoms with E-state index in [1.807, 2.05) is 0 Å². The summed E-state index contributed by atoms with van der Waals surface area (Å²) in [7, 11) is 1.21. The van der Waals surface area contributed by atoms with Crippen LogP contribution in [0.1, 0.15) is 36.1 Å². The van der Waals surface area contributed by atoms with Crippen molar-refractivity contribution in [2.75, 3.05) is 13.7 Å². The summed E-state index contributed by atoms with van der Waals surface area (Å²) in [5.41, 5.74) is 5.99. The molecule has 0 unspecified atom stereocenters. The van der Waals surface area contributed by atoms with Crippen LogP contribution in [0, 0.1) is 12.8 Å². The van der Waals surface area contributed by atoms with E-state index in [0.29, 0.717) is 22.6 Å². The molecule has 3 rings (SSSR count). The van der Waals surface area contributed by atoms with Gasteiger partial charge in [0, 0.05) is 29.7 Å². The summed E-state index contributed by atoms with van der Waals surface area (Å²) in [5.74, 6) is -3.33. The summed E-state index contributed by atoms with van der Waals surface area (Å²) in [4.78, 5) is 42.3. The third-order valence-electron chi connectivity index (χ3n) is 5.12. The molecule has 0 aliphatic carbocycles. The van der Waals surface area contributed by atoms with Crippen LogP contribution in [-0.2, 0) is 25.7 Å². The number of hydrogen-bond acceptors (Lipinski definition) is 7. The zero-order valence-corrected chi connectivity index (χ0v) is 14.8. The Bertz CT molecular complexity index is 795. The van der Waals surface area contributed by atoms with Gasteiger partial charge >= 0.3 is 5.97 Å². The fourth-order valence-electron chi connectivity index (χ4n) is 3.86. The van der Waals surface area contributed by atoms with Gasteiger partial charge in [-0.25, -0.2) is 0 Å². The van der Waals surface area contributed by atoms with Crippen LogP contribution >= 0.6 is 0 Å². The van der Waals surface area contributed by atoms with Gasteiger partial charge in [-0.05, 0) is 13.8 Å². The predicted molar refractivity (Wildman–Crippen MR) is 87.7 cm³/mol. The molecule has 2 aliphatic rings. The number of nitrogens with zero attached hydrogens (tertiary/aromatic N) is 2. The van der Waals surface area contributed by atoms with E-state index in [4.69, 9.17) is 10.5 Å². The van der Waals surface area contributed by atoms with E-state index < -0.39 is 35.3 Å². The number of likely N-dealkylation sites (tertiary alicyclic amines) is 1.